The van der Waals surface area contributed by atoms with E-state index in [1.54, 1.807) is 29.5 Å². The first kappa shape index (κ1) is 23.1. The Labute approximate surface area is 201 Å². The average Bonchev–Trinajstić information content (AvgIpc) is 3.30. The van der Waals surface area contributed by atoms with Crippen LogP contribution in [-0.4, -0.2) is 45.5 Å². The minimum atomic E-state index is -3.49. The number of benzene rings is 2. The van der Waals surface area contributed by atoms with Crippen LogP contribution in [0.1, 0.15) is 19.8 Å². The molecule has 1 fully saturated rings. The highest BCUT2D eigenvalue weighted by molar-refractivity contribution is 9.10. The van der Waals surface area contributed by atoms with Crippen LogP contribution in [0.3, 0.4) is 0 Å². The summed E-state index contributed by atoms with van der Waals surface area (Å²) in [6.07, 6.45) is 1.10. The number of anilines is 1. The molecule has 0 N–H and O–H groups in total. The third-order valence-electron chi connectivity index (χ3n) is 5.54. The Bertz CT molecular complexity index is 1170. The van der Waals surface area contributed by atoms with Gasteiger partial charge in [-0.1, -0.05) is 15.9 Å². The van der Waals surface area contributed by atoms with Crippen molar-refractivity contribution >= 4 is 42.2 Å². The van der Waals surface area contributed by atoms with E-state index in [2.05, 4.69) is 20.8 Å². The van der Waals surface area contributed by atoms with Gasteiger partial charge < -0.3 is 14.4 Å². The Morgan fingerprint density at radius 2 is 1.88 bits per heavy atom. The van der Waals surface area contributed by atoms with Gasteiger partial charge in [-0.15, -0.1) is 11.3 Å². The van der Waals surface area contributed by atoms with E-state index in [-0.39, 0.29) is 4.90 Å². The molecule has 1 aliphatic rings. The van der Waals surface area contributed by atoms with Crippen LogP contribution in [0.15, 0.2) is 57.2 Å². The van der Waals surface area contributed by atoms with Crippen LogP contribution < -0.4 is 14.4 Å². The third kappa shape index (κ3) is 4.79. The van der Waals surface area contributed by atoms with Gasteiger partial charge in [0.15, 0.2) is 15.0 Å². The molecule has 0 bridgehead atoms. The number of nitrogens with zero attached hydrogens (tertiary/aromatic N) is 2. The monoisotopic (exact) mass is 536 g/mol. The molecule has 0 atom stereocenters. The van der Waals surface area contributed by atoms with E-state index >= 15 is 0 Å². The summed E-state index contributed by atoms with van der Waals surface area (Å²) in [6, 6.07) is 13.0. The Morgan fingerprint density at radius 1 is 1.16 bits per heavy atom. The summed E-state index contributed by atoms with van der Waals surface area (Å²) in [4.78, 5) is 7.22. The highest BCUT2D eigenvalue weighted by atomic mass is 79.9. The number of sulfone groups is 1. The Balaban J connectivity index is 1.45. The van der Waals surface area contributed by atoms with Gasteiger partial charge in [-0.2, -0.15) is 0 Å². The summed E-state index contributed by atoms with van der Waals surface area (Å²) in [5.74, 6) is 1.23. The second kappa shape index (κ2) is 9.80. The molecule has 1 aliphatic heterocycles. The van der Waals surface area contributed by atoms with Crippen LogP contribution in [0.2, 0.25) is 0 Å². The van der Waals surface area contributed by atoms with Gasteiger partial charge in [-0.3, -0.25) is 0 Å². The molecule has 0 saturated carbocycles. The summed E-state index contributed by atoms with van der Waals surface area (Å²) in [6.45, 7) is 3.90. The van der Waals surface area contributed by atoms with E-state index in [0.717, 1.165) is 26.6 Å². The first-order chi connectivity index (χ1) is 15.4. The highest BCUT2D eigenvalue weighted by Gasteiger charge is 2.34. The molecular formula is C23H25BrN2O4S2. The minimum Gasteiger partial charge on any atom is -0.495 e. The molecular weight excluding hydrogens is 512 g/mol. The Kier molecular flexibility index (Phi) is 7.07. The number of aromatic nitrogens is 1. The molecule has 3 aromatic rings. The van der Waals surface area contributed by atoms with Gasteiger partial charge in [-0.25, -0.2) is 13.4 Å². The second-order valence-corrected chi connectivity index (χ2v) is 11.4. The van der Waals surface area contributed by atoms with Crippen LogP contribution in [0.25, 0.3) is 11.3 Å². The maximum Gasteiger partial charge on any atom is 0.185 e. The number of piperidine rings is 1. The van der Waals surface area contributed by atoms with Crippen molar-refractivity contribution in [3.05, 3.63) is 52.3 Å². The van der Waals surface area contributed by atoms with E-state index in [1.165, 1.54) is 7.11 Å². The molecule has 6 nitrogen and oxygen atoms in total. The van der Waals surface area contributed by atoms with Crippen molar-refractivity contribution in [1.29, 1.82) is 0 Å². The normalized spacial score (nSPS) is 15.0. The van der Waals surface area contributed by atoms with Crippen LogP contribution in [0.5, 0.6) is 11.5 Å². The fraction of sp³-hybridized carbons (Fsp3) is 0.348. The second-order valence-electron chi connectivity index (χ2n) is 7.50. The summed E-state index contributed by atoms with van der Waals surface area (Å²) in [5, 5.41) is 2.53. The third-order valence-corrected chi connectivity index (χ3v) is 9.21. The van der Waals surface area contributed by atoms with Crippen molar-refractivity contribution in [1.82, 2.24) is 4.98 Å². The van der Waals surface area contributed by atoms with E-state index < -0.39 is 15.1 Å². The molecule has 2 heterocycles. The number of hydrogen-bond acceptors (Lipinski definition) is 7. The molecule has 4 rings (SSSR count). The van der Waals surface area contributed by atoms with Crippen molar-refractivity contribution in [2.45, 2.75) is 29.9 Å². The number of thiazole rings is 1. The van der Waals surface area contributed by atoms with Gasteiger partial charge in [0.1, 0.15) is 16.4 Å². The molecule has 0 spiro atoms. The van der Waals surface area contributed by atoms with Gasteiger partial charge in [0.05, 0.1) is 24.7 Å². The molecule has 0 radical (unpaired) electrons. The lowest BCUT2D eigenvalue weighted by atomic mass is 10.1. The quantitative estimate of drug-likeness (QED) is 0.401. The van der Waals surface area contributed by atoms with Crippen molar-refractivity contribution in [2.24, 2.45) is 0 Å². The van der Waals surface area contributed by atoms with E-state index in [4.69, 9.17) is 14.5 Å². The minimum absolute atomic E-state index is 0.250. The summed E-state index contributed by atoms with van der Waals surface area (Å²) >= 11 is 4.96. The van der Waals surface area contributed by atoms with E-state index in [9.17, 15) is 8.42 Å². The molecule has 32 heavy (non-hydrogen) atoms. The number of rotatable bonds is 7. The Morgan fingerprint density at radius 3 is 2.53 bits per heavy atom. The summed E-state index contributed by atoms with van der Waals surface area (Å²) < 4.78 is 38.1. The van der Waals surface area contributed by atoms with Crippen molar-refractivity contribution in [2.75, 3.05) is 31.7 Å². The van der Waals surface area contributed by atoms with Gasteiger partial charge in [0.25, 0.3) is 0 Å². The number of methoxy groups -OCH3 is 1. The maximum absolute atomic E-state index is 13.3. The van der Waals surface area contributed by atoms with Crippen molar-refractivity contribution < 1.29 is 17.9 Å². The highest BCUT2D eigenvalue weighted by Crippen LogP contribution is 2.35. The molecule has 0 amide bonds. The lowest BCUT2D eigenvalue weighted by molar-refractivity contribution is 0.340. The van der Waals surface area contributed by atoms with E-state index in [0.29, 0.717) is 38.3 Å². The molecule has 2 aromatic carbocycles. The van der Waals surface area contributed by atoms with Crippen LogP contribution in [0.4, 0.5) is 5.13 Å². The summed E-state index contributed by atoms with van der Waals surface area (Å²) in [7, 11) is -1.99. The predicted octanol–water partition coefficient (Wildman–Crippen LogP) is 5.42. The topological polar surface area (TPSA) is 68.7 Å². The molecule has 0 unspecified atom stereocenters. The number of ether oxygens (including phenoxy) is 2. The Hall–Kier alpha value is -2.10. The number of hydrogen-bond donors (Lipinski definition) is 0. The molecule has 9 heteroatoms. The lowest BCUT2D eigenvalue weighted by Crippen LogP contribution is -2.39. The van der Waals surface area contributed by atoms with Gasteiger partial charge in [0.2, 0.25) is 0 Å². The largest absolute Gasteiger partial charge is 0.495 e. The van der Waals surface area contributed by atoms with Gasteiger partial charge in [0, 0.05) is 28.5 Å². The zero-order valence-corrected chi connectivity index (χ0v) is 21.2. The van der Waals surface area contributed by atoms with Crippen LogP contribution in [0, 0.1) is 0 Å². The first-order valence-corrected chi connectivity index (χ1v) is 13.7. The standard InChI is InChI=1S/C23H25BrN2O4S2/c1-3-30-18-7-4-16(5-8-18)20-15-31-23(25-20)26-12-10-19(11-13-26)32(27,28)22-14-17(24)6-9-21(22)29-2/h4-9,14-15,19H,3,10-13H2,1-2H3. The van der Waals surface area contributed by atoms with Crippen LogP contribution in [-0.2, 0) is 9.84 Å². The average molecular weight is 538 g/mol. The van der Waals surface area contributed by atoms with Crippen molar-refractivity contribution in [3.63, 3.8) is 0 Å². The molecule has 170 valence electrons. The smallest absolute Gasteiger partial charge is 0.185 e. The molecule has 1 saturated heterocycles. The SMILES string of the molecule is CCOc1ccc(-c2csc(N3CCC(S(=O)(=O)c4cc(Br)ccc4OC)CC3)n2)cc1. The molecule has 0 aliphatic carbocycles. The fourth-order valence-electron chi connectivity index (χ4n) is 3.84. The summed E-state index contributed by atoms with van der Waals surface area (Å²) in [5.41, 5.74) is 1.96. The fourth-order valence-corrected chi connectivity index (χ4v) is 7.16. The number of halogens is 1. The van der Waals surface area contributed by atoms with E-state index in [1.807, 2.05) is 36.6 Å². The lowest BCUT2D eigenvalue weighted by Gasteiger charge is -2.31. The zero-order valence-electron chi connectivity index (χ0n) is 18.0. The van der Waals surface area contributed by atoms with Gasteiger partial charge in [-0.05, 0) is 62.2 Å². The molecule has 1 aromatic heterocycles. The first-order valence-electron chi connectivity index (χ1n) is 10.4. The van der Waals surface area contributed by atoms with Gasteiger partial charge >= 0.3 is 0 Å². The zero-order chi connectivity index (χ0) is 22.7. The maximum atomic E-state index is 13.3. The van der Waals surface area contributed by atoms with Crippen LogP contribution >= 0.6 is 27.3 Å². The predicted molar refractivity (Wildman–Crippen MR) is 132 cm³/mol. The van der Waals surface area contributed by atoms with Crippen molar-refractivity contribution in [3.8, 4) is 22.8 Å².